The van der Waals surface area contributed by atoms with Gasteiger partial charge in [0.05, 0.1) is 4.58 Å². The maximum absolute atomic E-state index is 12.5. The highest BCUT2D eigenvalue weighted by Gasteiger charge is 2.28. The van der Waals surface area contributed by atoms with Crippen molar-refractivity contribution in [2.75, 3.05) is 36.5 Å². The molecule has 0 radical (unpaired) electrons. The van der Waals surface area contributed by atoms with Crippen LogP contribution in [0, 0.1) is 5.92 Å². The number of hydrogen-bond donors (Lipinski definition) is 1. The first kappa shape index (κ1) is 21.5. The number of thioether (sulfide) groups is 2. The minimum absolute atomic E-state index is 0.0217. The number of likely N-dealkylation sites (tertiary alicyclic amines) is 1. The fourth-order valence-corrected chi connectivity index (χ4v) is 6.81. The van der Waals surface area contributed by atoms with Crippen molar-refractivity contribution in [3.8, 4) is 5.75 Å². The topological polar surface area (TPSA) is 84.4 Å². The molecular weight excluding hydrogens is 440 g/mol. The van der Waals surface area contributed by atoms with Crippen LogP contribution in [0.5, 0.6) is 5.75 Å². The molecule has 1 aromatic heterocycles. The van der Waals surface area contributed by atoms with Crippen molar-refractivity contribution in [1.29, 1.82) is 0 Å². The number of anilines is 1. The Morgan fingerprint density at radius 2 is 1.87 bits per heavy atom. The monoisotopic (exact) mass is 464 g/mol. The van der Waals surface area contributed by atoms with Gasteiger partial charge < -0.3 is 15.0 Å². The van der Waals surface area contributed by atoms with Crippen LogP contribution >= 0.6 is 34.9 Å². The van der Waals surface area contributed by atoms with Crippen LogP contribution in [0.3, 0.4) is 0 Å². The maximum atomic E-state index is 12.5. The number of amides is 2. The van der Waals surface area contributed by atoms with Gasteiger partial charge in [0.1, 0.15) is 11.3 Å². The predicted molar refractivity (Wildman–Crippen MR) is 122 cm³/mol. The number of rotatable bonds is 6. The molecule has 2 fully saturated rings. The lowest BCUT2D eigenvalue weighted by Gasteiger charge is -2.31. The lowest BCUT2D eigenvalue weighted by Crippen LogP contribution is -2.43. The zero-order valence-corrected chi connectivity index (χ0v) is 18.9. The van der Waals surface area contributed by atoms with Crippen molar-refractivity contribution in [2.45, 2.75) is 23.8 Å². The average molecular weight is 465 g/mol. The molecule has 1 N–H and O–H groups in total. The van der Waals surface area contributed by atoms with E-state index in [-0.39, 0.29) is 24.3 Å². The highest BCUT2D eigenvalue weighted by Crippen LogP contribution is 2.43. The third-order valence-corrected chi connectivity index (χ3v) is 8.77. The molecule has 4 rings (SSSR count). The Bertz CT molecular complexity index is 833. The molecule has 30 heavy (non-hydrogen) atoms. The van der Waals surface area contributed by atoms with Gasteiger partial charge in [-0.2, -0.15) is 0 Å². The molecule has 0 spiro atoms. The first-order valence-corrected chi connectivity index (χ1v) is 13.0. The highest BCUT2D eigenvalue weighted by molar-refractivity contribution is 8.16. The Balaban J connectivity index is 1.20. The Morgan fingerprint density at radius 3 is 2.53 bits per heavy atom. The molecule has 0 aliphatic carbocycles. The molecule has 3 heterocycles. The summed E-state index contributed by atoms with van der Waals surface area (Å²) in [5, 5.41) is 10.8. The third kappa shape index (κ3) is 5.67. The lowest BCUT2D eigenvalue weighted by atomic mass is 9.96. The molecule has 0 unspecified atom stereocenters. The van der Waals surface area contributed by atoms with Gasteiger partial charge in [0.15, 0.2) is 6.61 Å². The number of ether oxygens (including phenoxy) is 1. The molecule has 160 valence electrons. The van der Waals surface area contributed by atoms with Crippen LogP contribution < -0.4 is 10.1 Å². The summed E-state index contributed by atoms with van der Waals surface area (Å²) in [5.41, 5.74) is 2.88. The van der Waals surface area contributed by atoms with Gasteiger partial charge in [0.25, 0.3) is 5.91 Å². The van der Waals surface area contributed by atoms with E-state index in [1.807, 2.05) is 35.7 Å². The maximum Gasteiger partial charge on any atom is 0.260 e. The summed E-state index contributed by atoms with van der Waals surface area (Å²) in [7, 11) is 0. The molecule has 10 heteroatoms. The quantitative estimate of drug-likeness (QED) is 0.698. The first-order chi connectivity index (χ1) is 14.7. The van der Waals surface area contributed by atoms with Crippen molar-refractivity contribution in [3.63, 3.8) is 0 Å². The molecule has 2 amide bonds. The fourth-order valence-electron chi connectivity index (χ4n) is 3.46. The van der Waals surface area contributed by atoms with Crippen molar-refractivity contribution < 1.29 is 14.3 Å². The van der Waals surface area contributed by atoms with E-state index in [0.29, 0.717) is 41.4 Å². The number of aromatic nitrogens is 2. The van der Waals surface area contributed by atoms with Gasteiger partial charge in [-0.1, -0.05) is 23.5 Å². The summed E-state index contributed by atoms with van der Waals surface area (Å²) >= 11 is 5.27. The van der Waals surface area contributed by atoms with Gasteiger partial charge >= 0.3 is 0 Å². The van der Waals surface area contributed by atoms with E-state index in [0.717, 1.165) is 0 Å². The van der Waals surface area contributed by atoms with Gasteiger partial charge in [0, 0.05) is 19.0 Å². The van der Waals surface area contributed by atoms with Crippen molar-refractivity contribution in [1.82, 2.24) is 15.1 Å². The van der Waals surface area contributed by atoms with Gasteiger partial charge in [-0.05, 0) is 48.5 Å². The Labute approximate surface area is 188 Å². The van der Waals surface area contributed by atoms with Crippen LogP contribution in [-0.4, -0.2) is 58.1 Å². The number of nitrogens with zero attached hydrogens (tertiary/aromatic N) is 3. The number of piperidine rings is 1. The second-order valence-electron chi connectivity index (χ2n) is 7.17. The van der Waals surface area contributed by atoms with E-state index in [1.54, 1.807) is 10.4 Å². The summed E-state index contributed by atoms with van der Waals surface area (Å²) < 4.78 is 6.21. The van der Waals surface area contributed by atoms with E-state index >= 15 is 0 Å². The number of hydrogen-bond acceptors (Lipinski definition) is 8. The first-order valence-electron chi connectivity index (χ1n) is 10.00. The minimum Gasteiger partial charge on any atom is -0.484 e. The lowest BCUT2D eigenvalue weighted by molar-refractivity contribution is -0.136. The molecule has 2 aromatic rings. The van der Waals surface area contributed by atoms with E-state index < -0.39 is 0 Å². The van der Waals surface area contributed by atoms with E-state index in [9.17, 15) is 9.59 Å². The summed E-state index contributed by atoms with van der Waals surface area (Å²) in [6.07, 6.45) is 2.56. The zero-order valence-electron chi connectivity index (χ0n) is 16.5. The normalized spacial score (nSPS) is 18.2. The van der Waals surface area contributed by atoms with Gasteiger partial charge in [-0.15, -0.1) is 33.7 Å². The number of carbonyl (C=O) groups excluding carboxylic acids is 2. The largest absolute Gasteiger partial charge is 0.484 e. The molecule has 2 saturated heterocycles. The number of carbonyl (C=O) groups is 2. The van der Waals surface area contributed by atoms with Crippen molar-refractivity contribution in [2.24, 2.45) is 5.92 Å². The number of nitrogens with one attached hydrogen (secondary N) is 1. The molecule has 0 atom stereocenters. The summed E-state index contributed by atoms with van der Waals surface area (Å²) in [4.78, 5) is 26.6. The Kier molecular flexibility index (Phi) is 7.51. The van der Waals surface area contributed by atoms with Crippen molar-refractivity contribution in [3.05, 3.63) is 35.3 Å². The van der Waals surface area contributed by atoms with Crippen LogP contribution in [0.4, 0.5) is 5.13 Å². The SMILES string of the molecule is O=C(Nc1nncs1)C1CCN(C(=O)COc2ccc(C3SCCCS3)cc2)CC1. The van der Waals surface area contributed by atoms with Gasteiger partial charge in [-0.25, -0.2) is 0 Å². The second-order valence-corrected chi connectivity index (χ2v) is 10.7. The van der Waals surface area contributed by atoms with Gasteiger partial charge in [-0.3, -0.25) is 9.59 Å². The summed E-state index contributed by atoms with van der Waals surface area (Å²) in [6, 6.07) is 8.08. The third-order valence-electron chi connectivity index (χ3n) is 5.15. The molecule has 0 bridgehead atoms. The molecule has 1 aromatic carbocycles. The van der Waals surface area contributed by atoms with Crippen LogP contribution in [0.1, 0.15) is 29.4 Å². The summed E-state index contributed by atoms with van der Waals surface area (Å²) in [6.45, 7) is 1.14. The molecule has 2 aliphatic rings. The van der Waals surface area contributed by atoms with Crippen LogP contribution in [0.25, 0.3) is 0 Å². The van der Waals surface area contributed by atoms with Crippen LogP contribution in [0.2, 0.25) is 0 Å². The molecule has 2 aliphatic heterocycles. The van der Waals surface area contributed by atoms with E-state index in [2.05, 4.69) is 27.6 Å². The van der Waals surface area contributed by atoms with Crippen LogP contribution in [-0.2, 0) is 9.59 Å². The average Bonchev–Trinajstić information content (AvgIpc) is 3.31. The van der Waals surface area contributed by atoms with E-state index in [1.165, 1.54) is 34.8 Å². The summed E-state index contributed by atoms with van der Waals surface area (Å²) in [5.74, 6) is 2.94. The second kappa shape index (κ2) is 10.5. The molecule has 0 saturated carbocycles. The van der Waals surface area contributed by atoms with Gasteiger partial charge in [0.2, 0.25) is 11.0 Å². The standard InChI is InChI=1S/C20H24N4O3S3/c25-17(12-27-16-4-2-15(3-5-16)19-28-10-1-11-29-19)24-8-6-14(7-9-24)18(26)22-20-23-21-13-30-20/h2-5,13-14,19H,1,6-12H2,(H,22,23,26). The fraction of sp³-hybridized carbons (Fsp3) is 0.500. The Morgan fingerprint density at radius 1 is 1.13 bits per heavy atom. The zero-order chi connectivity index (χ0) is 20.8. The smallest absolute Gasteiger partial charge is 0.260 e. The highest BCUT2D eigenvalue weighted by atomic mass is 32.2. The molecule has 7 nitrogen and oxygen atoms in total. The van der Waals surface area contributed by atoms with Crippen LogP contribution in [0.15, 0.2) is 29.8 Å². The minimum atomic E-state index is -0.109. The van der Waals surface area contributed by atoms with E-state index in [4.69, 9.17) is 4.74 Å². The molecular formula is C20H24N4O3S3. The van der Waals surface area contributed by atoms with Crippen molar-refractivity contribution >= 4 is 51.8 Å². The number of benzene rings is 1. The predicted octanol–water partition coefficient (Wildman–Crippen LogP) is 3.66. The Hall–Kier alpha value is -1.78.